The Morgan fingerprint density at radius 3 is 2.80 bits per heavy atom. The van der Waals surface area contributed by atoms with E-state index in [2.05, 4.69) is 15.1 Å². The molecule has 2 aromatic heterocycles. The van der Waals surface area contributed by atoms with Crippen LogP contribution in [-0.2, 0) is 16.0 Å². The van der Waals surface area contributed by atoms with Crippen LogP contribution in [0.25, 0.3) is 11.4 Å². The number of carbonyl (C=O) groups is 2. The lowest BCUT2D eigenvalue weighted by molar-refractivity contribution is -0.119. The van der Waals surface area contributed by atoms with Crippen LogP contribution in [0.1, 0.15) is 22.7 Å². The molecule has 0 atom stereocenters. The zero-order valence-electron chi connectivity index (χ0n) is 16.2. The van der Waals surface area contributed by atoms with E-state index in [9.17, 15) is 9.59 Å². The van der Waals surface area contributed by atoms with E-state index in [4.69, 9.17) is 24.5 Å². The number of carbonyl (C=O) groups excluding carboxylic acids is 2. The summed E-state index contributed by atoms with van der Waals surface area (Å²) >= 11 is 0. The van der Waals surface area contributed by atoms with Gasteiger partial charge >= 0.3 is 5.97 Å². The Bertz CT molecular complexity index is 1010. The van der Waals surface area contributed by atoms with Crippen LogP contribution in [0.5, 0.6) is 11.5 Å². The van der Waals surface area contributed by atoms with E-state index in [0.29, 0.717) is 36.1 Å². The van der Waals surface area contributed by atoms with E-state index in [1.54, 1.807) is 18.5 Å². The van der Waals surface area contributed by atoms with Crippen LogP contribution in [0.4, 0.5) is 0 Å². The number of rotatable bonds is 10. The molecule has 0 bridgehead atoms. The topological polar surface area (TPSA) is 140 Å². The minimum atomic E-state index is -0.616. The molecule has 0 unspecified atom stereocenters. The Labute approximate surface area is 172 Å². The molecule has 2 heterocycles. The SMILES string of the molecule is COc1cc(C(=O)OCCCc2nc(-c3cccnc3)no2)ccc1OCC(N)=O. The van der Waals surface area contributed by atoms with Gasteiger partial charge in [-0.1, -0.05) is 5.16 Å². The van der Waals surface area contributed by atoms with Gasteiger partial charge in [-0.05, 0) is 36.8 Å². The van der Waals surface area contributed by atoms with E-state index in [1.807, 2.05) is 6.07 Å². The van der Waals surface area contributed by atoms with E-state index >= 15 is 0 Å². The summed E-state index contributed by atoms with van der Waals surface area (Å²) in [6.45, 7) is -0.121. The normalized spacial score (nSPS) is 10.4. The predicted octanol–water partition coefficient (Wildman–Crippen LogP) is 1.79. The van der Waals surface area contributed by atoms with Crippen LogP contribution in [0.3, 0.4) is 0 Å². The molecule has 0 spiro atoms. The average Bonchev–Trinajstić information content (AvgIpc) is 3.24. The Kier molecular flexibility index (Phi) is 6.93. The quantitative estimate of drug-likeness (QED) is 0.390. The third kappa shape index (κ3) is 5.53. The highest BCUT2D eigenvalue weighted by Gasteiger charge is 2.14. The first-order valence-corrected chi connectivity index (χ1v) is 9.06. The van der Waals surface area contributed by atoms with Crippen molar-refractivity contribution in [3.05, 3.63) is 54.2 Å². The smallest absolute Gasteiger partial charge is 0.338 e. The summed E-state index contributed by atoms with van der Waals surface area (Å²) in [5, 5.41) is 3.91. The van der Waals surface area contributed by atoms with Crippen molar-refractivity contribution in [3.8, 4) is 22.9 Å². The monoisotopic (exact) mass is 412 g/mol. The largest absolute Gasteiger partial charge is 0.493 e. The number of primary amides is 1. The molecule has 0 aliphatic carbocycles. The van der Waals surface area contributed by atoms with Crippen LogP contribution < -0.4 is 15.2 Å². The highest BCUT2D eigenvalue weighted by atomic mass is 16.5. The predicted molar refractivity (Wildman–Crippen MR) is 104 cm³/mol. The molecule has 0 radical (unpaired) electrons. The number of aromatic nitrogens is 3. The molecule has 10 heteroatoms. The van der Waals surface area contributed by atoms with E-state index < -0.39 is 11.9 Å². The van der Waals surface area contributed by atoms with Gasteiger partial charge in [0.15, 0.2) is 18.1 Å². The van der Waals surface area contributed by atoms with Crippen molar-refractivity contribution >= 4 is 11.9 Å². The van der Waals surface area contributed by atoms with Gasteiger partial charge in [0.1, 0.15) is 0 Å². The summed E-state index contributed by atoms with van der Waals surface area (Å²) in [6, 6.07) is 8.12. The molecule has 0 aliphatic heterocycles. The van der Waals surface area contributed by atoms with E-state index in [1.165, 1.54) is 25.3 Å². The number of benzene rings is 1. The molecule has 156 valence electrons. The van der Waals surface area contributed by atoms with Gasteiger partial charge in [0.2, 0.25) is 11.7 Å². The number of methoxy groups -OCH3 is 1. The second-order valence-electron chi connectivity index (χ2n) is 6.11. The number of hydrogen-bond donors (Lipinski definition) is 1. The van der Waals surface area contributed by atoms with Crippen LogP contribution in [-0.4, -0.2) is 47.3 Å². The summed E-state index contributed by atoms with van der Waals surface area (Å²) in [5.74, 6) is 0.363. The van der Waals surface area contributed by atoms with Gasteiger partial charge in [-0.2, -0.15) is 4.98 Å². The van der Waals surface area contributed by atoms with E-state index in [0.717, 1.165) is 5.56 Å². The fourth-order valence-electron chi connectivity index (χ4n) is 2.50. The molecule has 3 rings (SSSR count). The second-order valence-corrected chi connectivity index (χ2v) is 6.11. The van der Waals surface area contributed by atoms with Crippen molar-refractivity contribution < 1.29 is 28.3 Å². The fourth-order valence-corrected chi connectivity index (χ4v) is 2.50. The molecule has 30 heavy (non-hydrogen) atoms. The van der Waals surface area contributed by atoms with Crippen LogP contribution >= 0.6 is 0 Å². The minimum Gasteiger partial charge on any atom is -0.493 e. The molecule has 1 amide bonds. The zero-order chi connectivity index (χ0) is 21.3. The fraction of sp³-hybridized carbons (Fsp3) is 0.250. The summed E-state index contributed by atoms with van der Waals surface area (Å²) in [5.41, 5.74) is 6.10. The summed E-state index contributed by atoms with van der Waals surface area (Å²) in [7, 11) is 1.42. The molecule has 0 fully saturated rings. The number of nitrogens with two attached hydrogens (primary N) is 1. The Hall–Kier alpha value is -3.95. The van der Waals surface area contributed by atoms with Crippen molar-refractivity contribution in [2.45, 2.75) is 12.8 Å². The standard InChI is InChI=1S/C20H20N4O6/c1-27-16-10-13(6-7-15(16)29-12-17(21)25)20(26)28-9-3-5-18-23-19(24-30-18)14-4-2-8-22-11-14/h2,4,6-8,10-11H,3,5,9,12H2,1H3,(H2,21,25). The van der Waals surface area contributed by atoms with Crippen LogP contribution in [0.15, 0.2) is 47.2 Å². The second kappa shape index (κ2) is 10.0. The number of aryl methyl sites for hydroxylation is 1. The van der Waals surface area contributed by atoms with Crippen LogP contribution in [0, 0.1) is 0 Å². The van der Waals surface area contributed by atoms with Crippen LogP contribution in [0.2, 0.25) is 0 Å². The van der Waals surface area contributed by atoms with Crippen molar-refractivity contribution in [1.82, 2.24) is 15.1 Å². The number of amides is 1. The van der Waals surface area contributed by atoms with Gasteiger partial charge in [-0.15, -0.1) is 0 Å². The van der Waals surface area contributed by atoms with Crippen molar-refractivity contribution in [2.75, 3.05) is 20.3 Å². The number of ether oxygens (including phenoxy) is 3. The van der Waals surface area contributed by atoms with Crippen molar-refractivity contribution in [1.29, 1.82) is 0 Å². The Morgan fingerprint density at radius 2 is 2.07 bits per heavy atom. The highest BCUT2D eigenvalue weighted by molar-refractivity contribution is 5.90. The lowest BCUT2D eigenvalue weighted by Gasteiger charge is -2.11. The maximum absolute atomic E-state index is 12.2. The highest BCUT2D eigenvalue weighted by Crippen LogP contribution is 2.28. The molecular weight excluding hydrogens is 392 g/mol. The first-order valence-electron chi connectivity index (χ1n) is 9.06. The summed E-state index contributed by atoms with van der Waals surface area (Å²) in [6.07, 6.45) is 4.28. The number of hydrogen-bond acceptors (Lipinski definition) is 9. The zero-order valence-corrected chi connectivity index (χ0v) is 16.2. The molecule has 10 nitrogen and oxygen atoms in total. The third-order valence-electron chi connectivity index (χ3n) is 3.93. The Morgan fingerprint density at radius 1 is 1.20 bits per heavy atom. The molecule has 0 aliphatic rings. The van der Waals surface area contributed by atoms with Gasteiger partial charge in [-0.25, -0.2) is 4.79 Å². The number of esters is 1. The van der Waals surface area contributed by atoms with Gasteiger partial charge in [-0.3, -0.25) is 9.78 Å². The minimum absolute atomic E-state index is 0.172. The summed E-state index contributed by atoms with van der Waals surface area (Å²) < 4.78 is 20.9. The lowest BCUT2D eigenvalue weighted by atomic mass is 10.2. The van der Waals surface area contributed by atoms with Gasteiger partial charge in [0.25, 0.3) is 5.91 Å². The molecule has 3 aromatic rings. The molecular formula is C20H20N4O6. The molecule has 2 N–H and O–H groups in total. The van der Waals surface area contributed by atoms with E-state index in [-0.39, 0.29) is 18.8 Å². The van der Waals surface area contributed by atoms with Crippen molar-refractivity contribution in [2.24, 2.45) is 5.73 Å². The molecule has 1 aromatic carbocycles. The summed E-state index contributed by atoms with van der Waals surface area (Å²) in [4.78, 5) is 31.4. The van der Waals surface area contributed by atoms with Gasteiger partial charge in [0.05, 0.1) is 19.3 Å². The average molecular weight is 412 g/mol. The molecule has 0 saturated carbocycles. The lowest BCUT2D eigenvalue weighted by Crippen LogP contribution is -2.20. The first-order chi connectivity index (χ1) is 14.6. The maximum Gasteiger partial charge on any atom is 0.338 e. The Balaban J connectivity index is 1.49. The maximum atomic E-state index is 12.2. The third-order valence-corrected chi connectivity index (χ3v) is 3.93. The number of nitrogens with zero attached hydrogens (tertiary/aromatic N) is 3. The van der Waals surface area contributed by atoms with Gasteiger partial charge in [0, 0.05) is 24.4 Å². The molecule has 0 saturated heterocycles. The van der Waals surface area contributed by atoms with Gasteiger partial charge < -0.3 is 24.5 Å². The van der Waals surface area contributed by atoms with Crippen molar-refractivity contribution in [3.63, 3.8) is 0 Å². The first kappa shape index (κ1) is 20.8. The number of pyridine rings is 1.